The van der Waals surface area contributed by atoms with Crippen LogP contribution in [0.5, 0.6) is 0 Å². The Kier molecular flexibility index (Phi) is 6.43. The molecule has 0 aromatic heterocycles. The number of hydrogen-bond acceptors (Lipinski definition) is 2. The fourth-order valence-corrected chi connectivity index (χ4v) is 0.714. The van der Waals surface area contributed by atoms with Crippen LogP contribution in [-0.2, 0) is 6.42 Å². The van der Waals surface area contributed by atoms with Crippen LogP contribution < -0.4 is 0 Å². The molecule has 1 aromatic carbocycles. The summed E-state index contributed by atoms with van der Waals surface area (Å²) < 4.78 is 0. The predicted molar refractivity (Wildman–Crippen MR) is 51.9 cm³/mol. The van der Waals surface area contributed by atoms with Crippen molar-refractivity contribution < 1.29 is 10.0 Å². The van der Waals surface area contributed by atoms with Gasteiger partial charge in [0.2, 0.25) is 0 Å². The SMILES string of the molecule is CB(O)O.CCc1ccccc1. The van der Waals surface area contributed by atoms with Gasteiger partial charge >= 0.3 is 7.12 Å². The third kappa shape index (κ3) is 7.31. The van der Waals surface area contributed by atoms with Gasteiger partial charge in [0.05, 0.1) is 0 Å². The quantitative estimate of drug-likeness (QED) is 0.618. The third-order valence-electron chi connectivity index (χ3n) is 1.25. The first-order valence-corrected chi connectivity index (χ1v) is 4.07. The maximum absolute atomic E-state index is 7.61. The molecular weight excluding hydrogens is 151 g/mol. The van der Waals surface area contributed by atoms with Gasteiger partial charge in [-0.15, -0.1) is 0 Å². The second-order valence-electron chi connectivity index (χ2n) is 2.47. The molecule has 2 nitrogen and oxygen atoms in total. The molecule has 66 valence electrons. The summed E-state index contributed by atoms with van der Waals surface area (Å²) in [6.07, 6.45) is 1.14. The Morgan fingerprint density at radius 3 is 1.83 bits per heavy atom. The lowest BCUT2D eigenvalue weighted by Crippen LogP contribution is -2.00. The molecule has 0 saturated carbocycles. The minimum atomic E-state index is -1.17. The molecule has 1 aromatic rings. The van der Waals surface area contributed by atoms with Crippen molar-refractivity contribution in [1.82, 2.24) is 0 Å². The number of hydrogen-bond donors (Lipinski definition) is 2. The summed E-state index contributed by atoms with van der Waals surface area (Å²) in [6.45, 7) is 3.44. The van der Waals surface area contributed by atoms with E-state index in [0.717, 1.165) is 6.42 Å². The largest absolute Gasteiger partial charge is 0.448 e. The van der Waals surface area contributed by atoms with E-state index in [0.29, 0.717) is 0 Å². The Morgan fingerprint density at radius 2 is 1.58 bits per heavy atom. The predicted octanol–water partition coefficient (Wildman–Crippen LogP) is 1.34. The van der Waals surface area contributed by atoms with Crippen LogP contribution in [0.1, 0.15) is 12.5 Å². The third-order valence-corrected chi connectivity index (χ3v) is 1.25. The summed E-state index contributed by atoms with van der Waals surface area (Å²) in [4.78, 5) is 0. The van der Waals surface area contributed by atoms with Crippen molar-refractivity contribution in [3.63, 3.8) is 0 Å². The summed E-state index contributed by atoms with van der Waals surface area (Å²) in [7, 11) is -1.17. The van der Waals surface area contributed by atoms with Gasteiger partial charge in [-0.05, 0) is 18.8 Å². The molecule has 3 heteroatoms. The molecule has 0 aliphatic heterocycles. The van der Waals surface area contributed by atoms with E-state index in [1.807, 2.05) is 6.07 Å². The van der Waals surface area contributed by atoms with Crippen LogP contribution in [0.3, 0.4) is 0 Å². The standard InChI is InChI=1S/C8H10.CH5BO2/c1-2-8-6-4-3-5-7-8;1-2(3)4/h3-7H,2H2,1H3;3-4H,1H3. The molecule has 0 radical (unpaired) electrons. The fourth-order valence-electron chi connectivity index (χ4n) is 0.714. The van der Waals surface area contributed by atoms with Crippen LogP contribution in [0.2, 0.25) is 6.82 Å². The summed E-state index contributed by atoms with van der Waals surface area (Å²) >= 11 is 0. The molecule has 0 atom stereocenters. The molecule has 0 aliphatic carbocycles. The van der Waals surface area contributed by atoms with Crippen molar-refractivity contribution in [3.05, 3.63) is 35.9 Å². The molecule has 1 rings (SSSR count). The maximum Gasteiger partial charge on any atom is 0.448 e. The van der Waals surface area contributed by atoms with E-state index in [4.69, 9.17) is 10.0 Å². The summed E-state index contributed by atoms with van der Waals surface area (Å²) in [5.41, 5.74) is 1.41. The molecule has 0 bridgehead atoms. The zero-order valence-corrected chi connectivity index (χ0v) is 7.57. The first kappa shape index (κ1) is 11.2. The number of benzene rings is 1. The number of rotatable bonds is 1. The van der Waals surface area contributed by atoms with E-state index >= 15 is 0 Å². The molecule has 0 amide bonds. The second kappa shape index (κ2) is 6.89. The van der Waals surface area contributed by atoms with Crippen LogP contribution in [0, 0.1) is 0 Å². The highest BCUT2D eigenvalue weighted by molar-refractivity contribution is 6.38. The van der Waals surface area contributed by atoms with Gasteiger partial charge in [0.1, 0.15) is 0 Å². The highest BCUT2D eigenvalue weighted by Crippen LogP contribution is 1.96. The van der Waals surface area contributed by atoms with E-state index in [2.05, 4.69) is 31.2 Å². The van der Waals surface area contributed by atoms with Crippen molar-refractivity contribution in [2.24, 2.45) is 0 Å². The van der Waals surface area contributed by atoms with Gasteiger partial charge in [0, 0.05) is 0 Å². The smallest absolute Gasteiger partial charge is 0.427 e. The molecule has 2 N–H and O–H groups in total. The minimum absolute atomic E-state index is 1.14. The summed E-state index contributed by atoms with van der Waals surface area (Å²) in [5.74, 6) is 0. The lowest BCUT2D eigenvalue weighted by Gasteiger charge is -1.89. The van der Waals surface area contributed by atoms with Gasteiger partial charge in [-0.2, -0.15) is 0 Å². The van der Waals surface area contributed by atoms with Gasteiger partial charge in [-0.3, -0.25) is 0 Å². The zero-order valence-electron chi connectivity index (χ0n) is 7.57. The minimum Gasteiger partial charge on any atom is -0.427 e. The number of aryl methyl sites for hydroxylation is 1. The van der Waals surface area contributed by atoms with Crippen LogP contribution >= 0.6 is 0 Å². The van der Waals surface area contributed by atoms with Crippen LogP contribution in [-0.4, -0.2) is 17.2 Å². The van der Waals surface area contributed by atoms with Gasteiger partial charge in [-0.25, -0.2) is 0 Å². The van der Waals surface area contributed by atoms with E-state index in [1.165, 1.54) is 12.4 Å². The average molecular weight is 166 g/mol. The topological polar surface area (TPSA) is 40.5 Å². The first-order valence-electron chi connectivity index (χ1n) is 4.07. The van der Waals surface area contributed by atoms with Crippen molar-refractivity contribution in [2.75, 3.05) is 0 Å². The highest BCUT2D eigenvalue weighted by atomic mass is 16.4. The molecule has 0 heterocycles. The Morgan fingerprint density at radius 1 is 1.17 bits per heavy atom. The van der Waals surface area contributed by atoms with Gasteiger partial charge in [0.25, 0.3) is 0 Å². The van der Waals surface area contributed by atoms with E-state index < -0.39 is 7.12 Å². The van der Waals surface area contributed by atoms with Gasteiger partial charge in [-0.1, -0.05) is 37.3 Å². The van der Waals surface area contributed by atoms with Crippen molar-refractivity contribution in [1.29, 1.82) is 0 Å². The molecule has 0 saturated heterocycles. The van der Waals surface area contributed by atoms with Crippen LogP contribution in [0.4, 0.5) is 0 Å². The van der Waals surface area contributed by atoms with E-state index in [1.54, 1.807) is 0 Å². The normalized spacial score (nSPS) is 8.33. The summed E-state index contributed by atoms with van der Waals surface area (Å²) in [6, 6.07) is 10.5. The van der Waals surface area contributed by atoms with Crippen molar-refractivity contribution in [2.45, 2.75) is 20.2 Å². The zero-order chi connectivity index (χ0) is 9.40. The molecule has 12 heavy (non-hydrogen) atoms. The second-order valence-corrected chi connectivity index (χ2v) is 2.47. The van der Waals surface area contributed by atoms with Crippen molar-refractivity contribution >= 4 is 7.12 Å². The monoisotopic (exact) mass is 166 g/mol. The average Bonchev–Trinajstić information content (AvgIpc) is 2.05. The molecule has 0 unspecified atom stereocenters. The molecule has 0 fully saturated rings. The Hall–Kier alpha value is -0.795. The van der Waals surface area contributed by atoms with Crippen molar-refractivity contribution in [3.8, 4) is 0 Å². The van der Waals surface area contributed by atoms with Crippen LogP contribution in [0.25, 0.3) is 0 Å². The van der Waals surface area contributed by atoms with Gasteiger partial charge < -0.3 is 10.0 Å². The van der Waals surface area contributed by atoms with Gasteiger partial charge in [0.15, 0.2) is 0 Å². The Balaban J connectivity index is 0.000000261. The Bertz CT molecular complexity index is 184. The molecule has 0 spiro atoms. The van der Waals surface area contributed by atoms with Crippen LogP contribution in [0.15, 0.2) is 30.3 Å². The maximum atomic E-state index is 7.61. The lowest BCUT2D eigenvalue weighted by molar-refractivity contribution is 0.417. The fraction of sp³-hybridized carbons (Fsp3) is 0.333. The molecule has 0 aliphatic rings. The summed E-state index contributed by atoms with van der Waals surface area (Å²) in [5, 5.41) is 15.2. The van der Waals surface area contributed by atoms with E-state index in [-0.39, 0.29) is 0 Å². The highest BCUT2D eigenvalue weighted by Gasteiger charge is 1.86. The first-order chi connectivity index (χ1) is 5.66. The Labute approximate surface area is 74.0 Å². The lowest BCUT2D eigenvalue weighted by atomic mass is 9.99. The molecular formula is C9H15BO2. The van der Waals surface area contributed by atoms with E-state index in [9.17, 15) is 0 Å².